The zero-order valence-electron chi connectivity index (χ0n) is 17.7. The average Bonchev–Trinajstić information content (AvgIpc) is 3.41. The highest BCUT2D eigenvalue weighted by Gasteiger charge is 2.47. The number of hydrogen-bond acceptors (Lipinski definition) is 6. The molecule has 1 unspecified atom stereocenters. The van der Waals surface area contributed by atoms with Crippen molar-refractivity contribution in [3.8, 4) is 5.75 Å². The van der Waals surface area contributed by atoms with Crippen molar-refractivity contribution in [1.82, 2.24) is 0 Å². The molecule has 1 aliphatic rings. The minimum absolute atomic E-state index is 0.00992. The molecule has 1 amide bonds. The molecule has 0 spiro atoms. The van der Waals surface area contributed by atoms with Gasteiger partial charge in [0.15, 0.2) is 0 Å². The SMILES string of the molecule is COc1ccc(Cl)c(/C(O)=C2/C(=O)C(=O)N(c3ccc(N(C)C)cc3)C2c2cccs2)c1. The zero-order chi connectivity index (χ0) is 23.0. The molecule has 1 aliphatic heterocycles. The van der Waals surface area contributed by atoms with Crippen molar-refractivity contribution in [2.75, 3.05) is 31.0 Å². The van der Waals surface area contributed by atoms with Crippen molar-refractivity contribution < 1.29 is 19.4 Å². The Morgan fingerprint density at radius 2 is 1.84 bits per heavy atom. The van der Waals surface area contributed by atoms with Gasteiger partial charge < -0.3 is 14.7 Å². The molecule has 3 aromatic rings. The minimum Gasteiger partial charge on any atom is -0.507 e. The molecule has 0 radical (unpaired) electrons. The quantitative estimate of drug-likeness (QED) is 0.320. The van der Waals surface area contributed by atoms with Crippen LogP contribution in [-0.4, -0.2) is 38.0 Å². The number of halogens is 1. The molecule has 4 rings (SSSR count). The van der Waals surface area contributed by atoms with Crippen LogP contribution in [0.25, 0.3) is 5.76 Å². The number of methoxy groups -OCH3 is 1. The van der Waals surface area contributed by atoms with Gasteiger partial charge in [-0.05, 0) is 53.9 Å². The first-order valence-corrected chi connectivity index (χ1v) is 11.0. The molecule has 164 valence electrons. The summed E-state index contributed by atoms with van der Waals surface area (Å²) in [6, 6.07) is 15.0. The number of thiophene rings is 1. The van der Waals surface area contributed by atoms with Crippen molar-refractivity contribution in [2.45, 2.75) is 6.04 Å². The van der Waals surface area contributed by atoms with Gasteiger partial charge in [0.2, 0.25) is 0 Å². The van der Waals surface area contributed by atoms with Crippen LogP contribution in [0.2, 0.25) is 5.02 Å². The molecule has 1 atom stereocenters. The number of anilines is 2. The van der Waals surface area contributed by atoms with Crippen LogP contribution < -0.4 is 14.5 Å². The van der Waals surface area contributed by atoms with E-state index in [1.807, 2.05) is 48.6 Å². The highest BCUT2D eigenvalue weighted by Crippen LogP contribution is 2.44. The van der Waals surface area contributed by atoms with Crippen LogP contribution >= 0.6 is 22.9 Å². The predicted octanol–water partition coefficient (Wildman–Crippen LogP) is 5.10. The van der Waals surface area contributed by atoms with Gasteiger partial charge in [0.25, 0.3) is 11.7 Å². The summed E-state index contributed by atoms with van der Waals surface area (Å²) in [7, 11) is 5.34. The minimum atomic E-state index is -0.775. The van der Waals surface area contributed by atoms with E-state index >= 15 is 0 Å². The lowest BCUT2D eigenvalue weighted by molar-refractivity contribution is -0.132. The van der Waals surface area contributed by atoms with Crippen molar-refractivity contribution in [1.29, 1.82) is 0 Å². The molecule has 1 aromatic heterocycles. The van der Waals surface area contributed by atoms with E-state index < -0.39 is 17.7 Å². The van der Waals surface area contributed by atoms with Gasteiger partial charge in [0.1, 0.15) is 17.6 Å². The smallest absolute Gasteiger partial charge is 0.300 e. The third kappa shape index (κ3) is 3.74. The van der Waals surface area contributed by atoms with Gasteiger partial charge in [0.05, 0.1) is 17.7 Å². The number of amides is 1. The second-order valence-corrected chi connectivity index (χ2v) is 8.83. The first-order valence-electron chi connectivity index (χ1n) is 9.79. The Morgan fingerprint density at radius 1 is 1.12 bits per heavy atom. The van der Waals surface area contributed by atoms with Crippen molar-refractivity contribution >= 4 is 51.8 Å². The Hall–Kier alpha value is -3.29. The second kappa shape index (κ2) is 8.68. The van der Waals surface area contributed by atoms with Gasteiger partial charge in [-0.15, -0.1) is 11.3 Å². The van der Waals surface area contributed by atoms with Gasteiger partial charge in [-0.25, -0.2) is 0 Å². The van der Waals surface area contributed by atoms with E-state index in [0.29, 0.717) is 11.4 Å². The first kappa shape index (κ1) is 21.9. The van der Waals surface area contributed by atoms with Gasteiger partial charge in [0, 0.05) is 35.9 Å². The third-order valence-electron chi connectivity index (χ3n) is 5.33. The molecule has 1 saturated heterocycles. The molecule has 0 aliphatic carbocycles. The number of aliphatic hydroxyl groups is 1. The Bertz CT molecular complexity index is 1200. The van der Waals surface area contributed by atoms with Crippen LogP contribution in [0.15, 0.2) is 65.6 Å². The maximum Gasteiger partial charge on any atom is 0.300 e. The normalized spacial score (nSPS) is 17.6. The largest absolute Gasteiger partial charge is 0.507 e. The number of carbonyl (C=O) groups excluding carboxylic acids is 2. The van der Waals surface area contributed by atoms with E-state index in [0.717, 1.165) is 10.6 Å². The molecular formula is C24H21ClN2O4S. The topological polar surface area (TPSA) is 70.1 Å². The highest BCUT2D eigenvalue weighted by molar-refractivity contribution is 7.10. The summed E-state index contributed by atoms with van der Waals surface area (Å²) in [5.74, 6) is -1.34. The van der Waals surface area contributed by atoms with Crippen LogP contribution in [0.3, 0.4) is 0 Å². The maximum absolute atomic E-state index is 13.2. The lowest BCUT2D eigenvalue weighted by Gasteiger charge is -2.25. The molecule has 1 N–H and O–H groups in total. The van der Waals surface area contributed by atoms with Crippen LogP contribution in [0.4, 0.5) is 11.4 Å². The Labute approximate surface area is 194 Å². The summed E-state index contributed by atoms with van der Waals surface area (Å²) < 4.78 is 5.23. The van der Waals surface area contributed by atoms with E-state index in [9.17, 15) is 14.7 Å². The van der Waals surface area contributed by atoms with Crippen LogP contribution in [0.5, 0.6) is 5.75 Å². The fraction of sp³-hybridized carbons (Fsp3) is 0.167. The summed E-state index contributed by atoms with van der Waals surface area (Å²) >= 11 is 7.72. The van der Waals surface area contributed by atoms with Crippen molar-refractivity contribution in [2.24, 2.45) is 0 Å². The molecule has 0 saturated carbocycles. The number of rotatable bonds is 5. The first-order chi connectivity index (χ1) is 15.3. The summed E-state index contributed by atoms with van der Waals surface area (Å²) in [6.07, 6.45) is 0. The molecule has 32 heavy (non-hydrogen) atoms. The molecule has 8 heteroatoms. The van der Waals surface area contributed by atoms with Crippen LogP contribution in [-0.2, 0) is 9.59 Å². The van der Waals surface area contributed by atoms with E-state index in [2.05, 4.69) is 0 Å². The lowest BCUT2D eigenvalue weighted by atomic mass is 9.99. The molecule has 1 fully saturated rings. The fourth-order valence-corrected chi connectivity index (χ4v) is 4.71. The van der Waals surface area contributed by atoms with E-state index in [1.165, 1.54) is 23.3 Å². The monoisotopic (exact) mass is 468 g/mol. The molecular weight excluding hydrogens is 448 g/mol. The lowest BCUT2D eigenvalue weighted by Crippen LogP contribution is -2.29. The summed E-state index contributed by atoms with van der Waals surface area (Å²) in [5, 5.41) is 13.3. The number of ether oxygens (including phenoxy) is 1. The molecule has 6 nitrogen and oxygen atoms in total. The fourth-order valence-electron chi connectivity index (χ4n) is 3.68. The molecule has 2 aromatic carbocycles. The Balaban J connectivity index is 1.90. The van der Waals surface area contributed by atoms with Crippen LogP contribution in [0.1, 0.15) is 16.5 Å². The molecule has 2 heterocycles. The Kier molecular flexibility index (Phi) is 5.95. The molecule has 0 bridgehead atoms. The van der Waals surface area contributed by atoms with E-state index in [4.69, 9.17) is 16.3 Å². The second-order valence-electron chi connectivity index (χ2n) is 7.44. The number of carbonyl (C=O) groups is 2. The van der Waals surface area contributed by atoms with E-state index in [1.54, 1.807) is 30.3 Å². The summed E-state index contributed by atoms with van der Waals surface area (Å²) in [4.78, 5) is 30.4. The van der Waals surface area contributed by atoms with E-state index in [-0.39, 0.29) is 21.9 Å². The number of benzene rings is 2. The zero-order valence-corrected chi connectivity index (χ0v) is 19.3. The number of aliphatic hydroxyl groups excluding tert-OH is 1. The maximum atomic E-state index is 13.2. The van der Waals surface area contributed by atoms with Gasteiger partial charge in [-0.2, -0.15) is 0 Å². The van der Waals surface area contributed by atoms with Gasteiger partial charge in [-0.3, -0.25) is 14.5 Å². The van der Waals surface area contributed by atoms with Gasteiger partial charge >= 0.3 is 0 Å². The number of nitrogens with zero attached hydrogens (tertiary/aromatic N) is 2. The standard InChI is InChI=1S/C24H21ClN2O4S/c1-26(2)14-6-8-15(9-7-14)27-21(19-5-4-12-32-19)20(23(29)24(27)30)22(28)17-13-16(31-3)10-11-18(17)25/h4-13,21,28H,1-3H3/b22-20-. The average molecular weight is 469 g/mol. The Morgan fingerprint density at radius 3 is 2.44 bits per heavy atom. The third-order valence-corrected chi connectivity index (χ3v) is 6.58. The number of ketones is 1. The van der Waals surface area contributed by atoms with Gasteiger partial charge in [-0.1, -0.05) is 17.7 Å². The van der Waals surface area contributed by atoms with Crippen LogP contribution in [0, 0.1) is 0 Å². The van der Waals surface area contributed by atoms with Crippen molar-refractivity contribution in [3.05, 3.63) is 81.0 Å². The number of hydrogen-bond donors (Lipinski definition) is 1. The highest BCUT2D eigenvalue weighted by atomic mass is 35.5. The summed E-state index contributed by atoms with van der Waals surface area (Å²) in [5.41, 5.74) is 1.74. The van der Waals surface area contributed by atoms with Crippen molar-refractivity contribution in [3.63, 3.8) is 0 Å². The number of Topliss-reactive ketones (excluding diaryl/α,β-unsaturated/α-hetero) is 1. The predicted molar refractivity (Wildman–Crippen MR) is 128 cm³/mol. The summed E-state index contributed by atoms with van der Waals surface area (Å²) in [6.45, 7) is 0.